The van der Waals surface area contributed by atoms with Gasteiger partial charge in [-0.05, 0) is 19.4 Å². The van der Waals surface area contributed by atoms with Crippen LogP contribution in [0.15, 0.2) is 30.3 Å². The number of benzene rings is 1. The highest BCUT2D eigenvalue weighted by Gasteiger charge is 2.15. The molecule has 2 rings (SSSR count). The molecule has 0 aliphatic carbocycles. The minimum Gasteiger partial charge on any atom is -0.324 e. The first kappa shape index (κ1) is 14.3. The highest BCUT2D eigenvalue weighted by atomic mass is 16.1. The zero-order valence-corrected chi connectivity index (χ0v) is 12.1. The normalized spacial score (nSPS) is 12.2. The lowest BCUT2D eigenvalue weighted by Gasteiger charge is -2.12. The standard InChI is InChI=1S/C15H20N4O/c1-10-15(11(2)19(3)18-10)17-14(20)9-13(16)12-7-5-4-6-8-12/h4-8,13H,9,16H2,1-3H3,(H,17,20). The van der Waals surface area contributed by atoms with Crippen LogP contribution in [0.2, 0.25) is 0 Å². The van der Waals surface area contributed by atoms with Gasteiger partial charge in [-0.3, -0.25) is 9.48 Å². The fourth-order valence-electron chi connectivity index (χ4n) is 2.16. The Morgan fingerprint density at radius 3 is 2.55 bits per heavy atom. The summed E-state index contributed by atoms with van der Waals surface area (Å²) in [5, 5.41) is 7.17. The number of aryl methyl sites for hydroxylation is 2. The summed E-state index contributed by atoms with van der Waals surface area (Å²) < 4.78 is 1.75. The Bertz CT molecular complexity index is 604. The molecule has 0 aliphatic heterocycles. The number of aromatic nitrogens is 2. The van der Waals surface area contributed by atoms with Gasteiger partial charge >= 0.3 is 0 Å². The molecule has 1 atom stereocenters. The van der Waals surface area contributed by atoms with Crippen molar-refractivity contribution in [2.24, 2.45) is 12.8 Å². The molecule has 2 aromatic rings. The van der Waals surface area contributed by atoms with Crippen molar-refractivity contribution < 1.29 is 4.79 Å². The summed E-state index contributed by atoms with van der Waals surface area (Å²) >= 11 is 0. The zero-order chi connectivity index (χ0) is 14.7. The van der Waals surface area contributed by atoms with E-state index in [4.69, 9.17) is 5.73 Å². The number of nitrogens with one attached hydrogen (secondary N) is 1. The minimum absolute atomic E-state index is 0.0967. The van der Waals surface area contributed by atoms with E-state index >= 15 is 0 Å². The lowest BCUT2D eigenvalue weighted by atomic mass is 10.0. The molecule has 3 N–H and O–H groups in total. The van der Waals surface area contributed by atoms with Gasteiger partial charge in [0.1, 0.15) is 0 Å². The molecule has 0 radical (unpaired) electrons. The first-order chi connectivity index (χ1) is 9.49. The maximum absolute atomic E-state index is 12.1. The van der Waals surface area contributed by atoms with E-state index in [9.17, 15) is 4.79 Å². The van der Waals surface area contributed by atoms with E-state index in [-0.39, 0.29) is 18.4 Å². The number of nitrogens with zero attached hydrogens (tertiary/aromatic N) is 2. The van der Waals surface area contributed by atoms with Crippen LogP contribution in [0, 0.1) is 13.8 Å². The average Bonchev–Trinajstić information content (AvgIpc) is 2.66. The van der Waals surface area contributed by atoms with E-state index in [0.717, 1.165) is 22.6 Å². The Hall–Kier alpha value is -2.14. The average molecular weight is 272 g/mol. The van der Waals surface area contributed by atoms with Crippen LogP contribution in [0.5, 0.6) is 0 Å². The predicted octanol–water partition coefficient (Wildman–Crippen LogP) is 2.07. The quantitative estimate of drug-likeness (QED) is 0.894. The monoisotopic (exact) mass is 272 g/mol. The molecule has 0 bridgehead atoms. The van der Waals surface area contributed by atoms with Gasteiger partial charge in [-0.25, -0.2) is 0 Å². The Balaban J connectivity index is 2.03. The molecule has 0 saturated heterocycles. The van der Waals surface area contributed by atoms with Gasteiger partial charge in [0.15, 0.2) is 0 Å². The van der Waals surface area contributed by atoms with Crippen molar-refractivity contribution in [3.63, 3.8) is 0 Å². The third-order valence-electron chi connectivity index (χ3n) is 3.41. The predicted molar refractivity (Wildman–Crippen MR) is 79.3 cm³/mol. The first-order valence-corrected chi connectivity index (χ1v) is 6.59. The number of carbonyl (C=O) groups excluding carboxylic acids is 1. The summed E-state index contributed by atoms with van der Waals surface area (Å²) in [6.45, 7) is 3.80. The van der Waals surface area contributed by atoms with E-state index in [1.54, 1.807) is 4.68 Å². The largest absolute Gasteiger partial charge is 0.324 e. The highest BCUT2D eigenvalue weighted by molar-refractivity contribution is 5.92. The lowest BCUT2D eigenvalue weighted by molar-refractivity contribution is -0.116. The van der Waals surface area contributed by atoms with Gasteiger partial charge in [0, 0.05) is 19.5 Å². The Labute approximate surface area is 118 Å². The summed E-state index contributed by atoms with van der Waals surface area (Å²) in [5.74, 6) is -0.0967. The topological polar surface area (TPSA) is 72.9 Å². The van der Waals surface area contributed by atoms with E-state index in [0.29, 0.717) is 0 Å². The van der Waals surface area contributed by atoms with Crippen LogP contribution in [0.3, 0.4) is 0 Å². The van der Waals surface area contributed by atoms with Crippen molar-refractivity contribution >= 4 is 11.6 Å². The minimum atomic E-state index is -0.298. The van der Waals surface area contributed by atoms with Crippen LogP contribution in [0.4, 0.5) is 5.69 Å². The zero-order valence-electron chi connectivity index (χ0n) is 12.1. The maximum Gasteiger partial charge on any atom is 0.226 e. The Morgan fingerprint density at radius 1 is 1.35 bits per heavy atom. The highest BCUT2D eigenvalue weighted by Crippen LogP contribution is 2.20. The molecule has 5 heteroatoms. The van der Waals surface area contributed by atoms with Crippen LogP contribution in [0.25, 0.3) is 0 Å². The lowest BCUT2D eigenvalue weighted by Crippen LogP contribution is -2.21. The van der Waals surface area contributed by atoms with Gasteiger partial charge in [-0.15, -0.1) is 0 Å². The number of nitrogens with two attached hydrogens (primary N) is 1. The number of rotatable bonds is 4. The molecule has 1 unspecified atom stereocenters. The maximum atomic E-state index is 12.1. The fraction of sp³-hybridized carbons (Fsp3) is 0.333. The second-order valence-electron chi connectivity index (χ2n) is 4.94. The molecule has 0 saturated carbocycles. The second kappa shape index (κ2) is 5.88. The molecule has 5 nitrogen and oxygen atoms in total. The molecule has 1 aromatic heterocycles. The third-order valence-corrected chi connectivity index (χ3v) is 3.41. The summed E-state index contributed by atoms with van der Waals surface area (Å²) in [4.78, 5) is 12.1. The van der Waals surface area contributed by atoms with Gasteiger partial charge in [0.2, 0.25) is 5.91 Å². The van der Waals surface area contributed by atoms with Crippen LogP contribution in [0.1, 0.15) is 29.4 Å². The van der Waals surface area contributed by atoms with Crippen molar-refractivity contribution in [2.75, 3.05) is 5.32 Å². The van der Waals surface area contributed by atoms with Gasteiger partial charge < -0.3 is 11.1 Å². The smallest absolute Gasteiger partial charge is 0.226 e. The number of hydrogen-bond acceptors (Lipinski definition) is 3. The SMILES string of the molecule is Cc1nn(C)c(C)c1NC(=O)CC(N)c1ccccc1. The molecule has 106 valence electrons. The van der Waals surface area contributed by atoms with Crippen LogP contribution < -0.4 is 11.1 Å². The van der Waals surface area contributed by atoms with Crippen molar-refractivity contribution in [3.8, 4) is 0 Å². The van der Waals surface area contributed by atoms with Crippen LogP contribution >= 0.6 is 0 Å². The van der Waals surface area contributed by atoms with Crippen LogP contribution in [-0.2, 0) is 11.8 Å². The Morgan fingerprint density at radius 2 is 2.00 bits per heavy atom. The van der Waals surface area contributed by atoms with Gasteiger partial charge in [0.05, 0.1) is 17.1 Å². The third kappa shape index (κ3) is 3.05. The van der Waals surface area contributed by atoms with Gasteiger partial charge in [-0.1, -0.05) is 30.3 Å². The molecule has 20 heavy (non-hydrogen) atoms. The number of amides is 1. The summed E-state index contributed by atoms with van der Waals surface area (Å²) in [5.41, 5.74) is 9.53. The first-order valence-electron chi connectivity index (χ1n) is 6.59. The number of carbonyl (C=O) groups is 1. The Kier molecular flexibility index (Phi) is 4.20. The van der Waals surface area contributed by atoms with E-state index < -0.39 is 0 Å². The summed E-state index contributed by atoms with van der Waals surface area (Å²) in [6.07, 6.45) is 0.248. The van der Waals surface area contributed by atoms with Crippen molar-refractivity contribution in [3.05, 3.63) is 47.3 Å². The number of anilines is 1. The van der Waals surface area contributed by atoms with Crippen molar-refractivity contribution in [1.29, 1.82) is 0 Å². The fourth-order valence-corrected chi connectivity index (χ4v) is 2.16. The van der Waals surface area contributed by atoms with E-state index in [1.807, 2.05) is 51.2 Å². The summed E-state index contributed by atoms with van der Waals surface area (Å²) in [7, 11) is 1.85. The second-order valence-corrected chi connectivity index (χ2v) is 4.94. The van der Waals surface area contributed by atoms with Crippen molar-refractivity contribution in [1.82, 2.24) is 9.78 Å². The van der Waals surface area contributed by atoms with Gasteiger partial charge in [-0.2, -0.15) is 5.10 Å². The molecule has 1 aromatic carbocycles. The molecule has 0 fully saturated rings. The number of hydrogen-bond donors (Lipinski definition) is 2. The van der Waals surface area contributed by atoms with E-state index in [2.05, 4.69) is 10.4 Å². The van der Waals surface area contributed by atoms with Crippen LogP contribution in [-0.4, -0.2) is 15.7 Å². The molecular weight excluding hydrogens is 252 g/mol. The van der Waals surface area contributed by atoms with Gasteiger partial charge in [0.25, 0.3) is 0 Å². The van der Waals surface area contributed by atoms with E-state index in [1.165, 1.54) is 0 Å². The molecule has 1 amide bonds. The molecular formula is C15H20N4O. The molecule has 0 aliphatic rings. The molecule has 1 heterocycles. The molecule has 0 spiro atoms. The van der Waals surface area contributed by atoms with Crippen molar-refractivity contribution in [2.45, 2.75) is 26.3 Å². The summed E-state index contributed by atoms with van der Waals surface area (Å²) in [6, 6.07) is 9.33.